The van der Waals surface area contributed by atoms with Crippen LogP contribution in [-0.2, 0) is 18.5 Å². The van der Waals surface area contributed by atoms with E-state index < -0.39 is 0 Å². The van der Waals surface area contributed by atoms with Gasteiger partial charge in [-0.2, -0.15) is 0 Å². The molecule has 6 rings (SSSR count). The number of anilines is 1. The molecule has 3 aromatic rings. The third kappa shape index (κ3) is 1.99. The minimum absolute atomic E-state index is 0.0158. The van der Waals surface area contributed by atoms with Crippen LogP contribution in [0.15, 0.2) is 36.4 Å². The lowest BCUT2D eigenvalue weighted by Crippen LogP contribution is -2.60. The summed E-state index contributed by atoms with van der Waals surface area (Å²) in [5.41, 5.74) is 13.1. The molecule has 0 radical (unpaired) electrons. The van der Waals surface area contributed by atoms with Crippen LogP contribution in [0.3, 0.4) is 0 Å². The molecule has 1 spiro atoms. The van der Waals surface area contributed by atoms with Crippen molar-refractivity contribution in [2.45, 2.75) is 37.3 Å². The Hall–Kier alpha value is -2.66. The normalized spacial score (nSPS) is 23.8. The summed E-state index contributed by atoms with van der Waals surface area (Å²) < 4.78 is 13.8. The molecular weight excluding hydrogens is 362 g/mol. The fourth-order valence-corrected chi connectivity index (χ4v) is 6.23. The number of hydrogen-bond acceptors (Lipinski definition) is 4. The van der Waals surface area contributed by atoms with Crippen LogP contribution in [0.2, 0.25) is 0 Å². The van der Waals surface area contributed by atoms with Gasteiger partial charge < -0.3 is 24.7 Å². The molecule has 150 valence electrons. The van der Waals surface area contributed by atoms with Crippen molar-refractivity contribution in [3.8, 4) is 11.5 Å². The SMILES string of the molecule is COc1ccc2c(c1)C1CCC13N2CCc1c(CCN)c2cc(OC)ccc2n13. The van der Waals surface area contributed by atoms with Crippen LogP contribution in [0.25, 0.3) is 10.9 Å². The summed E-state index contributed by atoms with van der Waals surface area (Å²) in [5, 5.41) is 1.31. The quantitative estimate of drug-likeness (QED) is 0.738. The number of nitrogens with zero attached hydrogens (tertiary/aromatic N) is 2. The predicted molar refractivity (Wildman–Crippen MR) is 115 cm³/mol. The van der Waals surface area contributed by atoms with Crippen molar-refractivity contribution in [1.82, 2.24) is 4.57 Å². The zero-order chi connectivity index (χ0) is 19.8. The van der Waals surface area contributed by atoms with E-state index in [4.69, 9.17) is 15.2 Å². The van der Waals surface area contributed by atoms with E-state index in [1.807, 2.05) is 0 Å². The van der Waals surface area contributed by atoms with Gasteiger partial charge in [0.2, 0.25) is 0 Å². The molecule has 1 aliphatic carbocycles. The fourth-order valence-electron chi connectivity index (χ4n) is 6.23. The summed E-state index contributed by atoms with van der Waals surface area (Å²) in [6.07, 6.45) is 4.36. The molecule has 29 heavy (non-hydrogen) atoms. The minimum Gasteiger partial charge on any atom is -0.497 e. The van der Waals surface area contributed by atoms with Crippen LogP contribution in [0.4, 0.5) is 5.69 Å². The second-order valence-electron chi connectivity index (χ2n) is 8.48. The Morgan fingerprint density at radius 1 is 1.10 bits per heavy atom. The number of aromatic nitrogens is 1. The van der Waals surface area contributed by atoms with E-state index in [9.17, 15) is 0 Å². The van der Waals surface area contributed by atoms with Crippen molar-refractivity contribution in [2.24, 2.45) is 5.73 Å². The Morgan fingerprint density at radius 3 is 2.62 bits per heavy atom. The molecule has 2 N–H and O–H groups in total. The highest BCUT2D eigenvalue weighted by molar-refractivity contribution is 5.88. The third-order valence-electron chi connectivity index (χ3n) is 7.47. The molecule has 2 unspecified atom stereocenters. The van der Waals surface area contributed by atoms with Crippen molar-refractivity contribution in [1.29, 1.82) is 0 Å². The third-order valence-corrected chi connectivity index (χ3v) is 7.47. The Labute approximate surface area is 171 Å². The molecule has 1 saturated carbocycles. The first-order chi connectivity index (χ1) is 14.2. The van der Waals surface area contributed by atoms with Gasteiger partial charge in [0.05, 0.1) is 19.7 Å². The first-order valence-corrected chi connectivity index (χ1v) is 10.6. The van der Waals surface area contributed by atoms with E-state index in [0.717, 1.165) is 30.9 Å². The summed E-state index contributed by atoms with van der Waals surface area (Å²) in [7, 11) is 3.49. The van der Waals surface area contributed by atoms with Gasteiger partial charge in [-0.3, -0.25) is 0 Å². The number of fused-ring (bicyclic) bond motifs is 6. The Bertz CT molecular complexity index is 1130. The van der Waals surface area contributed by atoms with E-state index in [2.05, 4.69) is 45.9 Å². The first kappa shape index (κ1) is 17.2. The average molecular weight is 389 g/mol. The Morgan fingerprint density at radius 2 is 1.90 bits per heavy atom. The van der Waals surface area contributed by atoms with Gasteiger partial charge in [-0.15, -0.1) is 0 Å². The molecule has 5 nitrogen and oxygen atoms in total. The molecule has 0 bridgehead atoms. The van der Waals surface area contributed by atoms with Crippen molar-refractivity contribution >= 4 is 16.6 Å². The van der Waals surface area contributed by atoms with Gasteiger partial charge in [-0.05, 0) is 73.3 Å². The predicted octanol–water partition coefficient (Wildman–Crippen LogP) is 3.77. The van der Waals surface area contributed by atoms with Crippen LogP contribution in [0.1, 0.15) is 35.6 Å². The van der Waals surface area contributed by atoms with E-state index >= 15 is 0 Å². The number of ether oxygens (including phenoxy) is 2. The molecule has 1 aromatic heterocycles. The summed E-state index contributed by atoms with van der Waals surface area (Å²) in [5.74, 6) is 2.38. The van der Waals surface area contributed by atoms with Crippen molar-refractivity contribution in [3.05, 3.63) is 53.2 Å². The second-order valence-corrected chi connectivity index (χ2v) is 8.48. The Balaban J connectivity index is 1.61. The lowest BCUT2D eigenvalue weighted by Gasteiger charge is -2.55. The van der Waals surface area contributed by atoms with Gasteiger partial charge in [-0.25, -0.2) is 0 Å². The molecule has 2 aliphatic heterocycles. The molecule has 0 amide bonds. The smallest absolute Gasteiger partial charge is 0.124 e. The summed E-state index contributed by atoms with van der Waals surface area (Å²) >= 11 is 0. The molecule has 3 heterocycles. The zero-order valence-electron chi connectivity index (χ0n) is 17.1. The molecule has 2 aromatic carbocycles. The highest BCUT2D eigenvalue weighted by Gasteiger charge is 2.61. The topological polar surface area (TPSA) is 52.6 Å². The zero-order valence-corrected chi connectivity index (χ0v) is 17.1. The number of hydrogen-bond donors (Lipinski definition) is 1. The van der Waals surface area contributed by atoms with Gasteiger partial charge in [0.25, 0.3) is 0 Å². The second kappa shape index (κ2) is 5.92. The van der Waals surface area contributed by atoms with Crippen LogP contribution in [0.5, 0.6) is 11.5 Å². The molecule has 2 atom stereocenters. The molecule has 3 aliphatic rings. The van der Waals surface area contributed by atoms with Crippen LogP contribution < -0.4 is 20.1 Å². The standard InChI is InChI=1S/C24H27N3O2/c1-28-15-4-6-22-18(13-15)17(8-11-25)23-9-12-26-21-5-3-16(29-2)14-19(21)20-7-10-24(20,26)27(22)23/h3-6,13-14,20H,7-12,25H2,1-2H3. The van der Waals surface area contributed by atoms with Crippen molar-refractivity contribution < 1.29 is 9.47 Å². The summed E-state index contributed by atoms with van der Waals surface area (Å²) in [4.78, 5) is 2.67. The molecule has 0 saturated heterocycles. The van der Waals surface area contributed by atoms with Crippen LogP contribution in [0, 0.1) is 0 Å². The number of benzene rings is 2. The Kier molecular flexibility index (Phi) is 3.52. The van der Waals surface area contributed by atoms with Gasteiger partial charge in [0.15, 0.2) is 0 Å². The van der Waals surface area contributed by atoms with Crippen molar-refractivity contribution in [2.75, 3.05) is 32.2 Å². The summed E-state index contributed by atoms with van der Waals surface area (Å²) in [6, 6.07) is 13.2. The van der Waals surface area contributed by atoms with E-state index in [1.54, 1.807) is 14.2 Å². The number of nitrogens with two attached hydrogens (primary N) is 1. The monoisotopic (exact) mass is 389 g/mol. The van der Waals surface area contributed by atoms with E-state index in [-0.39, 0.29) is 5.66 Å². The maximum absolute atomic E-state index is 6.03. The number of rotatable bonds is 4. The largest absolute Gasteiger partial charge is 0.497 e. The van der Waals surface area contributed by atoms with Gasteiger partial charge in [0, 0.05) is 35.7 Å². The molecular formula is C24H27N3O2. The highest BCUT2D eigenvalue weighted by Crippen LogP contribution is 2.64. The fraction of sp³-hybridized carbons (Fsp3) is 0.417. The maximum atomic E-state index is 6.03. The van der Waals surface area contributed by atoms with E-state index in [0.29, 0.717) is 12.5 Å². The average Bonchev–Trinajstić information content (AvgIpc) is 3.14. The van der Waals surface area contributed by atoms with Crippen LogP contribution >= 0.6 is 0 Å². The highest BCUT2D eigenvalue weighted by atomic mass is 16.5. The molecule has 1 fully saturated rings. The number of methoxy groups -OCH3 is 2. The maximum Gasteiger partial charge on any atom is 0.124 e. The van der Waals surface area contributed by atoms with Crippen molar-refractivity contribution in [3.63, 3.8) is 0 Å². The molecule has 5 heteroatoms. The van der Waals surface area contributed by atoms with Gasteiger partial charge in [-0.1, -0.05) is 0 Å². The van der Waals surface area contributed by atoms with E-state index in [1.165, 1.54) is 46.3 Å². The van der Waals surface area contributed by atoms with Gasteiger partial charge >= 0.3 is 0 Å². The first-order valence-electron chi connectivity index (χ1n) is 10.6. The van der Waals surface area contributed by atoms with Gasteiger partial charge in [0.1, 0.15) is 17.2 Å². The van der Waals surface area contributed by atoms with Crippen LogP contribution in [-0.4, -0.2) is 31.9 Å². The lowest BCUT2D eigenvalue weighted by atomic mass is 9.70. The summed E-state index contributed by atoms with van der Waals surface area (Å²) in [6.45, 7) is 1.72. The lowest BCUT2D eigenvalue weighted by molar-refractivity contribution is 0.103. The minimum atomic E-state index is 0.0158.